The molecule has 33 heavy (non-hydrogen) atoms. The fraction of sp³-hybridized carbons (Fsp3) is 0.360. The van der Waals surface area contributed by atoms with Crippen LogP contribution >= 0.6 is 0 Å². The van der Waals surface area contributed by atoms with Crippen LogP contribution in [0.1, 0.15) is 28.6 Å². The Kier molecular flexibility index (Phi) is 7.26. The molecule has 8 nitrogen and oxygen atoms in total. The molecule has 2 aliphatic heterocycles. The third-order valence-electron chi connectivity index (χ3n) is 5.95. The van der Waals surface area contributed by atoms with Crippen molar-refractivity contribution in [3.05, 3.63) is 78.0 Å². The molecule has 0 aliphatic carbocycles. The number of benzene rings is 1. The number of hydrogen-bond acceptors (Lipinski definition) is 6. The molecular formula is C25H28N2O6. The second-order valence-electron chi connectivity index (χ2n) is 8.09. The van der Waals surface area contributed by atoms with Crippen LogP contribution in [-0.2, 0) is 9.53 Å². The van der Waals surface area contributed by atoms with Crippen molar-refractivity contribution in [2.75, 3.05) is 46.0 Å². The lowest BCUT2D eigenvalue weighted by atomic mass is 9.95. The Labute approximate surface area is 192 Å². The average molecular weight is 453 g/mol. The van der Waals surface area contributed by atoms with Crippen LogP contribution < -0.4 is 14.7 Å². The van der Waals surface area contributed by atoms with Crippen LogP contribution in [0.15, 0.2) is 71.1 Å². The number of nitrogens with one attached hydrogen (secondary N) is 1. The van der Waals surface area contributed by atoms with Gasteiger partial charge in [-0.15, -0.1) is 0 Å². The Bertz CT molecular complexity index is 1020. The molecule has 1 unspecified atom stereocenters. The van der Waals surface area contributed by atoms with Gasteiger partial charge < -0.3 is 28.8 Å². The van der Waals surface area contributed by atoms with Gasteiger partial charge in [-0.2, -0.15) is 0 Å². The Morgan fingerprint density at radius 3 is 2.82 bits per heavy atom. The highest BCUT2D eigenvalue weighted by Crippen LogP contribution is 2.39. The molecule has 1 fully saturated rings. The van der Waals surface area contributed by atoms with Gasteiger partial charge in [0.1, 0.15) is 25.4 Å². The summed E-state index contributed by atoms with van der Waals surface area (Å²) in [4.78, 5) is 29.1. The van der Waals surface area contributed by atoms with Gasteiger partial charge in [0.05, 0.1) is 32.1 Å². The van der Waals surface area contributed by atoms with Gasteiger partial charge in [-0.25, -0.2) is 0 Å². The average Bonchev–Trinajstić information content (AvgIpc) is 3.46. The minimum absolute atomic E-state index is 0.0369. The zero-order chi connectivity index (χ0) is 23.2. The SMILES string of the molecule is C=CCOc1cccc(C2C(C(=O)c3ccco3)=C([O-])C(=O)N2CCC[NH+]2CCOCC2)c1. The van der Waals surface area contributed by atoms with E-state index < -0.39 is 23.5 Å². The van der Waals surface area contributed by atoms with Crippen molar-refractivity contribution in [3.8, 4) is 5.75 Å². The number of Topliss-reactive ketones (excluding diaryl/α,β-unsaturated/α-hetero) is 1. The molecule has 1 N–H and O–H groups in total. The number of carbonyl (C=O) groups excluding carboxylic acids is 2. The summed E-state index contributed by atoms with van der Waals surface area (Å²) in [6.07, 6.45) is 3.71. The van der Waals surface area contributed by atoms with E-state index in [0.717, 1.165) is 32.8 Å². The summed E-state index contributed by atoms with van der Waals surface area (Å²) in [5, 5.41) is 13.0. The number of morpholine rings is 1. The highest BCUT2D eigenvalue weighted by atomic mass is 16.5. The van der Waals surface area contributed by atoms with Gasteiger partial charge in [0.15, 0.2) is 5.76 Å². The number of furan rings is 1. The number of nitrogens with zero attached hydrogens (tertiary/aromatic N) is 1. The molecule has 1 amide bonds. The highest BCUT2D eigenvalue weighted by Gasteiger charge is 2.40. The zero-order valence-electron chi connectivity index (χ0n) is 18.5. The summed E-state index contributed by atoms with van der Waals surface area (Å²) < 4.78 is 16.3. The van der Waals surface area contributed by atoms with Crippen molar-refractivity contribution in [3.63, 3.8) is 0 Å². The molecule has 4 rings (SSSR count). The van der Waals surface area contributed by atoms with Gasteiger partial charge in [-0.3, -0.25) is 9.59 Å². The van der Waals surface area contributed by atoms with Crippen LogP contribution in [-0.4, -0.2) is 62.6 Å². The van der Waals surface area contributed by atoms with Crippen LogP contribution in [0.25, 0.3) is 0 Å². The van der Waals surface area contributed by atoms with Crippen LogP contribution in [0.2, 0.25) is 0 Å². The van der Waals surface area contributed by atoms with E-state index in [9.17, 15) is 14.7 Å². The quantitative estimate of drug-likeness (QED) is 0.417. The molecule has 2 aliphatic rings. The summed E-state index contributed by atoms with van der Waals surface area (Å²) >= 11 is 0. The number of rotatable bonds is 10. The van der Waals surface area contributed by atoms with Crippen molar-refractivity contribution in [2.24, 2.45) is 0 Å². The maximum atomic E-state index is 13.2. The minimum Gasteiger partial charge on any atom is -0.868 e. The minimum atomic E-state index is -0.797. The second-order valence-corrected chi connectivity index (χ2v) is 8.09. The summed E-state index contributed by atoms with van der Waals surface area (Å²) in [6, 6.07) is 9.41. The predicted octanol–water partition coefficient (Wildman–Crippen LogP) is 0.530. The van der Waals surface area contributed by atoms with E-state index in [1.165, 1.54) is 22.1 Å². The first kappa shape index (κ1) is 22.8. The zero-order valence-corrected chi connectivity index (χ0v) is 18.5. The smallest absolute Gasteiger partial charge is 0.239 e. The lowest BCUT2D eigenvalue weighted by Gasteiger charge is -2.29. The molecule has 0 saturated carbocycles. The molecule has 0 spiro atoms. The van der Waals surface area contributed by atoms with Crippen LogP contribution in [0.3, 0.4) is 0 Å². The van der Waals surface area contributed by atoms with E-state index >= 15 is 0 Å². The Morgan fingerprint density at radius 2 is 2.09 bits per heavy atom. The molecule has 0 bridgehead atoms. The molecule has 0 radical (unpaired) electrons. The van der Waals surface area contributed by atoms with Gasteiger partial charge >= 0.3 is 0 Å². The molecule has 3 heterocycles. The molecule has 1 aromatic carbocycles. The van der Waals surface area contributed by atoms with Crippen molar-refractivity contribution in [1.29, 1.82) is 0 Å². The van der Waals surface area contributed by atoms with E-state index in [1.807, 2.05) is 0 Å². The van der Waals surface area contributed by atoms with E-state index in [1.54, 1.807) is 36.4 Å². The van der Waals surface area contributed by atoms with Crippen molar-refractivity contribution >= 4 is 11.7 Å². The Balaban J connectivity index is 1.61. The summed E-state index contributed by atoms with van der Waals surface area (Å²) in [5.41, 5.74) is 0.555. The lowest BCUT2D eigenvalue weighted by Crippen LogP contribution is -3.14. The maximum Gasteiger partial charge on any atom is 0.239 e. The van der Waals surface area contributed by atoms with Crippen LogP contribution in [0, 0.1) is 0 Å². The number of ether oxygens (including phenoxy) is 2. The molecule has 1 atom stereocenters. The molecule has 174 valence electrons. The van der Waals surface area contributed by atoms with Gasteiger partial charge in [-0.05, 0) is 35.6 Å². The Morgan fingerprint density at radius 1 is 1.27 bits per heavy atom. The van der Waals surface area contributed by atoms with Gasteiger partial charge in [-0.1, -0.05) is 24.8 Å². The third kappa shape index (κ3) is 5.02. The highest BCUT2D eigenvalue weighted by molar-refractivity contribution is 6.14. The normalized spacial score (nSPS) is 19.2. The van der Waals surface area contributed by atoms with E-state index in [-0.39, 0.29) is 11.3 Å². The third-order valence-corrected chi connectivity index (χ3v) is 5.95. The van der Waals surface area contributed by atoms with Gasteiger partial charge in [0.2, 0.25) is 11.7 Å². The fourth-order valence-corrected chi connectivity index (χ4v) is 4.33. The maximum absolute atomic E-state index is 13.2. The van der Waals surface area contributed by atoms with E-state index in [4.69, 9.17) is 13.9 Å². The fourth-order valence-electron chi connectivity index (χ4n) is 4.33. The number of ketones is 1. The molecule has 1 aromatic heterocycles. The van der Waals surface area contributed by atoms with Crippen LogP contribution in [0.4, 0.5) is 0 Å². The predicted molar refractivity (Wildman–Crippen MR) is 118 cm³/mol. The number of quaternary nitrogens is 1. The topological polar surface area (TPSA) is 96.5 Å². The van der Waals surface area contributed by atoms with Crippen molar-refractivity contribution in [2.45, 2.75) is 12.5 Å². The monoisotopic (exact) mass is 452 g/mol. The first-order valence-corrected chi connectivity index (χ1v) is 11.2. The second kappa shape index (κ2) is 10.5. The van der Waals surface area contributed by atoms with Gasteiger partial charge in [0, 0.05) is 18.5 Å². The number of carbonyl (C=O) groups is 2. The summed E-state index contributed by atoms with van der Waals surface area (Å²) in [7, 11) is 0. The van der Waals surface area contributed by atoms with Crippen LogP contribution in [0.5, 0.6) is 5.75 Å². The number of amides is 1. The largest absolute Gasteiger partial charge is 0.868 e. The molecule has 8 heteroatoms. The molecular weight excluding hydrogens is 424 g/mol. The first-order chi connectivity index (χ1) is 16.1. The summed E-state index contributed by atoms with van der Waals surface area (Å²) in [6.45, 7) is 8.50. The summed E-state index contributed by atoms with van der Waals surface area (Å²) in [5.74, 6) is -1.40. The van der Waals surface area contributed by atoms with E-state index in [2.05, 4.69) is 6.58 Å². The van der Waals surface area contributed by atoms with Crippen molar-refractivity contribution < 1.29 is 33.5 Å². The lowest BCUT2D eigenvalue weighted by molar-refractivity contribution is -0.908. The van der Waals surface area contributed by atoms with Crippen molar-refractivity contribution in [1.82, 2.24) is 4.90 Å². The molecule has 1 saturated heterocycles. The van der Waals surface area contributed by atoms with Gasteiger partial charge in [0.25, 0.3) is 0 Å². The first-order valence-electron chi connectivity index (χ1n) is 11.2. The Hall–Kier alpha value is -3.36. The standard InChI is InChI=1S/C25H28N2O6/c1-2-13-32-19-7-3-6-18(17-19)22-21(23(28)20-8-4-14-33-20)24(29)25(30)27(22)10-5-9-26-11-15-31-16-12-26/h2-4,6-8,14,17,22,29H,1,5,9-13,15-16H2. The van der Waals surface area contributed by atoms with E-state index in [0.29, 0.717) is 30.9 Å². The number of hydrogen-bond donors (Lipinski definition) is 1. The molecule has 2 aromatic rings.